The third kappa shape index (κ3) is 6.12. The zero-order chi connectivity index (χ0) is 17.4. The Balaban J connectivity index is 2.66. The van der Waals surface area contributed by atoms with Crippen molar-refractivity contribution in [1.82, 2.24) is 10.6 Å². The number of nitrogens with two attached hydrogens (primary N) is 1. The van der Waals surface area contributed by atoms with Crippen molar-refractivity contribution < 1.29 is 9.59 Å². The van der Waals surface area contributed by atoms with Gasteiger partial charge in [0.1, 0.15) is 0 Å². The van der Waals surface area contributed by atoms with Gasteiger partial charge in [0.25, 0.3) is 5.91 Å². The summed E-state index contributed by atoms with van der Waals surface area (Å²) in [6.07, 6.45) is 0.873. The Morgan fingerprint density at radius 3 is 2.39 bits per heavy atom. The lowest BCUT2D eigenvalue weighted by Gasteiger charge is -2.12. The molecule has 0 bridgehead atoms. The summed E-state index contributed by atoms with van der Waals surface area (Å²) in [5, 5.41) is 6.19. The number of nitrogens with one attached hydrogen (secondary N) is 2. The Morgan fingerprint density at radius 2 is 1.83 bits per heavy atom. The third-order valence-corrected chi connectivity index (χ3v) is 3.57. The summed E-state index contributed by atoms with van der Waals surface area (Å²) in [5.41, 5.74) is 7.61. The maximum Gasteiger partial charge on any atom is 0.251 e. The van der Waals surface area contributed by atoms with Crippen LogP contribution in [-0.2, 0) is 6.54 Å². The highest BCUT2D eigenvalue weighted by atomic mass is 16.1. The van der Waals surface area contributed by atoms with Crippen molar-refractivity contribution in [2.75, 3.05) is 13.1 Å². The zero-order valence-electron chi connectivity index (χ0n) is 14.6. The van der Waals surface area contributed by atoms with Crippen molar-refractivity contribution in [1.29, 1.82) is 0 Å². The van der Waals surface area contributed by atoms with Crippen molar-refractivity contribution in [3.63, 3.8) is 0 Å². The fourth-order valence-electron chi connectivity index (χ4n) is 2.24. The predicted molar refractivity (Wildman–Crippen MR) is 93.6 cm³/mol. The molecule has 0 spiro atoms. The number of amides is 1. The third-order valence-electron chi connectivity index (χ3n) is 3.57. The van der Waals surface area contributed by atoms with Crippen LogP contribution < -0.4 is 16.4 Å². The van der Waals surface area contributed by atoms with Gasteiger partial charge in [-0.25, -0.2) is 0 Å². The summed E-state index contributed by atoms with van der Waals surface area (Å²) in [4.78, 5) is 24.3. The van der Waals surface area contributed by atoms with Gasteiger partial charge in [-0.15, -0.1) is 0 Å². The molecule has 1 aromatic rings. The van der Waals surface area contributed by atoms with Gasteiger partial charge in [-0.05, 0) is 30.7 Å². The Bertz CT molecular complexity index is 539. The number of benzene rings is 1. The van der Waals surface area contributed by atoms with Crippen molar-refractivity contribution in [2.24, 2.45) is 11.7 Å². The average molecular weight is 319 g/mol. The second kappa shape index (κ2) is 9.43. The average Bonchev–Trinajstić information content (AvgIpc) is 2.52. The molecule has 128 valence electrons. The number of carbonyl (C=O) groups is 2. The van der Waals surface area contributed by atoms with Crippen LogP contribution in [0, 0.1) is 5.92 Å². The van der Waals surface area contributed by atoms with E-state index in [0.717, 1.165) is 18.5 Å². The molecule has 0 aromatic heterocycles. The summed E-state index contributed by atoms with van der Waals surface area (Å²) < 4.78 is 0. The molecular formula is C18H29N3O2. The van der Waals surface area contributed by atoms with E-state index in [-0.39, 0.29) is 24.2 Å². The van der Waals surface area contributed by atoms with Gasteiger partial charge < -0.3 is 16.4 Å². The van der Waals surface area contributed by atoms with Gasteiger partial charge >= 0.3 is 0 Å². The van der Waals surface area contributed by atoms with Crippen LogP contribution in [0.15, 0.2) is 18.2 Å². The number of rotatable bonds is 9. The number of carbonyl (C=O) groups excluding carboxylic acids is 2. The van der Waals surface area contributed by atoms with Crippen LogP contribution in [0.2, 0.25) is 0 Å². The molecule has 0 saturated carbocycles. The second-order valence-corrected chi connectivity index (χ2v) is 6.31. The quantitative estimate of drug-likeness (QED) is 0.481. The standard InChI is InChI=1S/C18H29N3O2/c1-12(2)17(22)16-7-6-14(10-15(16)11-19)18(23)21-9-5-8-20-13(3)4/h6-7,10,12-13,20H,5,8-9,11,19H2,1-4H3,(H,21,23). The minimum absolute atomic E-state index is 0.0529. The van der Waals surface area contributed by atoms with Gasteiger partial charge in [0, 0.05) is 36.2 Å². The van der Waals surface area contributed by atoms with Crippen LogP contribution in [0.4, 0.5) is 0 Å². The molecule has 0 atom stereocenters. The van der Waals surface area contributed by atoms with E-state index >= 15 is 0 Å². The molecule has 1 rings (SSSR count). The number of Topliss-reactive ketones (excluding diaryl/α,β-unsaturated/α-hetero) is 1. The lowest BCUT2D eigenvalue weighted by atomic mass is 9.94. The fraction of sp³-hybridized carbons (Fsp3) is 0.556. The molecule has 0 unspecified atom stereocenters. The van der Waals surface area contributed by atoms with E-state index in [0.29, 0.717) is 23.7 Å². The first kappa shape index (κ1) is 19.3. The van der Waals surface area contributed by atoms with Crippen molar-refractivity contribution in [3.8, 4) is 0 Å². The molecule has 0 aliphatic heterocycles. The van der Waals surface area contributed by atoms with E-state index in [1.165, 1.54) is 0 Å². The SMILES string of the molecule is CC(C)NCCCNC(=O)c1ccc(C(=O)C(C)C)c(CN)c1. The summed E-state index contributed by atoms with van der Waals surface area (Å²) in [6, 6.07) is 5.57. The minimum atomic E-state index is -0.132. The molecule has 0 fully saturated rings. The summed E-state index contributed by atoms with van der Waals surface area (Å²) in [7, 11) is 0. The summed E-state index contributed by atoms with van der Waals surface area (Å²) in [5.74, 6) is -0.168. The molecule has 5 heteroatoms. The number of hydrogen-bond donors (Lipinski definition) is 3. The van der Waals surface area contributed by atoms with Crippen LogP contribution in [0.5, 0.6) is 0 Å². The summed E-state index contributed by atoms with van der Waals surface area (Å²) >= 11 is 0. The van der Waals surface area contributed by atoms with Gasteiger partial charge in [-0.3, -0.25) is 9.59 Å². The summed E-state index contributed by atoms with van der Waals surface area (Å²) in [6.45, 7) is 9.62. The smallest absolute Gasteiger partial charge is 0.251 e. The topological polar surface area (TPSA) is 84.2 Å². The maximum absolute atomic E-state index is 12.2. The number of hydrogen-bond acceptors (Lipinski definition) is 4. The van der Waals surface area contributed by atoms with Gasteiger partial charge in [0.05, 0.1) is 0 Å². The maximum atomic E-state index is 12.2. The predicted octanol–water partition coefficient (Wildman–Crippen LogP) is 2.10. The van der Waals surface area contributed by atoms with E-state index in [4.69, 9.17) is 5.73 Å². The van der Waals surface area contributed by atoms with Crippen molar-refractivity contribution in [2.45, 2.75) is 46.7 Å². The lowest BCUT2D eigenvalue weighted by molar-refractivity contribution is 0.0932. The van der Waals surface area contributed by atoms with Crippen LogP contribution >= 0.6 is 0 Å². The van der Waals surface area contributed by atoms with Gasteiger partial charge in [0.15, 0.2) is 5.78 Å². The Hall–Kier alpha value is -1.72. The van der Waals surface area contributed by atoms with E-state index in [1.54, 1.807) is 18.2 Å². The lowest BCUT2D eigenvalue weighted by Crippen LogP contribution is -2.29. The molecule has 0 aliphatic carbocycles. The molecule has 4 N–H and O–H groups in total. The van der Waals surface area contributed by atoms with Crippen LogP contribution in [0.3, 0.4) is 0 Å². The van der Waals surface area contributed by atoms with E-state index < -0.39 is 0 Å². The van der Waals surface area contributed by atoms with E-state index in [1.807, 2.05) is 13.8 Å². The molecule has 0 saturated heterocycles. The highest BCUT2D eigenvalue weighted by molar-refractivity contribution is 6.01. The molecule has 1 amide bonds. The Labute approximate surface area is 139 Å². The van der Waals surface area contributed by atoms with E-state index in [2.05, 4.69) is 24.5 Å². The molecule has 0 heterocycles. The Morgan fingerprint density at radius 1 is 1.13 bits per heavy atom. The van der Waals surface area contributed by atoms with Crippen molar-refractivity contribution >= 4 is 11.7 Å². The first-order valence-corrected chi connectivity index (χ1v) is 8.25. The second-order valence-electron chi connectivity index (χ2n) is 6.31. The minimum Gasteiger partial charge on any atom is -0.352 e. The fourth-order valence-corrected chi connectivity index (χ4v) is 2.24. The van der Waals surface area contributed by atoms with Crippen LogP contribution in [0.1, 0.15) is 60.4 Å². The molecular weight excluding hydrogens is 290 g/mol. The molecule has 5 nitrogen and oxygen atoms in total. The van der Waals surface area contributed by atoms with Gasteiger partial charge in [0.2, 0.25) is 0 Å². The van der Waals surface area contributed by atoms with Gasteiger partial charge in [-0.1, -0.05) is 33.8 Å². The highest BCUT2D eigenvalue weighted by Crippen LogP contribution is 2.16. The Kier molecular flexibility index (Phi) is 7.92. The monoisotopic (exact) mass is 319 g/mol. The van der Waals surface area contributed by atoms with Crippen LogP contribution in [0.25, 0.3) is 0 Å². The molecule has 0 aliphatic rings. The largest absolute Gasteiger partial charge is 0.352 e. The first-order chi connectivity index (χ1) is 10.9. The molecule has 0 radical (unpaired) electrons. The normalized spacial score (nSPS) is 11.1. The highest BCUT2D eigenvalue weighted by Gasteiger charge is 2.16. The number of ketones is 1. The van der Waals surface area contributed by atoms with Gasteiger partial charge in [-0.2, -0.15) is 0 Å². The van der Waals surface area contributed by atoms with Crippen LogP contribution in [-0.4, -0.2) is 30.8 Å². The molecule has 1 aromatic carbocycles. The van der Waals surface area contributed by atoms with E-state index in [9.17, 15) is 9.59 Å². The van der Waals surface area contributed by atoms with Crippen molar-refractivity contribution in [3.05, 3.63) is 34.9 Å². The molecule has 23 heavy (non-hydrogen) atoms. The zero-order valence-corrected chi connectivity index (χ0v) is 14.6. The first-order valence-electron chi connectivity index (χ1n) is 8.25.